The van der Waals surface area contributed by atoms with Gasteiger partial charge >= 0.3 is 0 Å². The molecule has 0 heterocycles. The molecule has 0 aromatic rings. The molecule has 0 radical (unpaired) electrons. The summed E-state index contributed by atoms with van der Waals surface area (Å²) < 4.78 is 0. The molecule has 96 valence electrons. The molecular formula is C15H30O. The Morgan fingerprint density at radius 2 is 1.62 bits per heavy atom. The van der Waals surface area contributed by atoms with E-state index < -0.39 is 0 Å². The van der Waals surface area contributed by atoms with Gasteiger partial charge in [0.05, 0.1) is 6.10 Å². The van der Waals surface area contributed by atoms with E-state index >= 15 is 0 Å². The summed E-state index contributed by atoms with van der Waals surface area (Å²) in [6.45, 7) is 6.51. The lowest BCUT2D eigenvalue weighted by atomic mass is 9.98. The van der Waals surface area contributed by atoms with Gasteiger partial charge in [-0.15, -0.1) is 0 Å². The van der Waals surface area contributed by atoms with Crippen LogP contribution in [0.5, 0.6) is 0 Å². The van der Waals surface area contributed by atoms with Crippen LogP contribution in [0.3, 0.4) is 0 Å². The molecule has 0 aromatic heterocycles. The highest BCUT2D eigenvalue weighted by atomic mass is 16.3. The summed E-state index contributed by atoms with van der Waals surface area (Å²) >= 11 is 0. The van der Waals surface area contributed by atoms with Crippen molar-refractivity contribution in [3.8, 4) is 0 Å². The first-order chi connectivity index (χ1) is 7.76. The molecule has 0 aliphatic carbocycles. The van der Waals surface area contributed by atoms with Gasteiger partial charge in [-0.3, -0.25) is 0 Å². The van der Waals surface area contributed by atoms with E-state index in [-0.39, 0.29) is 6.10 Å². The molecule has 1 atom stereocenters. The first-order valence-corrected chi connectivity index (χ1v) is 7.13. The minimum Gasteiger partial charge on any atom is -0.389 e. The minimum absolute atomic E-state index is 0.196. The van der Waals surface area contributed by atoms with Crippen LogP contribution < -0.4 is 0 Å². The van der Waals surface area contributed by atoms with E-state index in [2.05, 4.69) is 26.8 Å². The molecule has 1 heteroatoms. The monoisotopic (exact) mass is 226 g/mol. The van der Waals surface area contributed by atoms with Crippen molar-refractivity contribution in [2.24, 2.45) is 0 Å². The third kappa shape index (κ3) is 7.92. The molecule has 0 saturated heterocycles. The highest BCUT2D eigenvalue weighted by Crippen LogP contribution is 2.17. The first kappa shape index (κ1) is 15.7. The summed E-state index contributed by atoms with van der Waals surface area (Å²) in [6, 6.07) is 0. The molecule has 0 amide bonds. The van der Waals surface area contributed by atoms with Crippen LogP contribution in [0.2, 0.25) is 0 Å². The third-order valence-electron chi connectivity index (χ3n) is 3.10. The highest BCUT2D eigenvalue weighted by molar-refractivity contribution is 5.07. The molecule has 0 rings (SSSR count). The number of rotatable bonds is 10. The van der Waals surface area contributed by atoms with Crippen molar-refractivity contribution in [3.63, 3.8) is 0 Å². The van der Waals surface area contributed by atoms with Crippen LogP contribution in [0.4, 0.5) is 0 Å². The normalized spacial score (nSPS) is 14.1. The highest BCUT2D eigenvalue weighted by Gasteiger charge is 2.07. The fraction of sp³-hybridized carbons (Fsp3) is 0.867. The molecule has 1 N–H and O–H groups in total. The molecule has 0 saturated carbocycles. The Balaban J connectivity index is 3.97. The van der Waals surface area contributed by atoms with E-state index in [1.165, 1.54) is 44.1 Å². The molecule has 0 aromatic carbocycles. The zero-order chi connectivity index (χ0) is 12.2. The van der Waals surface area contributed by atoms with E-state index in [0.29, 0.717) is 0 Å². The summed E-state index contributed by atoms with van der Waals surface area (Å²) in [7, 11) is 0. The van der Waals surface area contributed by atoms with Crippen LogP contribution in [0.1, 0.15) is 78.6 Å². The van der Waals surface area contributed by atoms with E-state index in [1.807, 2.05) is 0 Å². The number of allylic oxidation sites excluding steroid dienone is 1. The van der Waals surface area contributed by atoms with E-state index in [4.69, 9.17) is 0 Å². The number of unbranched alkanes of at least 4 members (excludes halogenated alkanes) is 5. The number of hydrogen-bond acceptors (Lipinski definition) is 1. The van der Waals surface area contributed by atoms with Crippen LogP contribution >= 0.6 is 0 Å². The van der Waals surface area contributed by atoms with Gasteiger partial charge in [-0.25, -0.2) is 0 Å². The minimum atomic E-state index is -0.196. The van der Waals surface area contributed by atoms with Gasteiger partial charge in [0.15, 0.2) is 0 Å². The molecule has 0 spiro atoms. The maximum absolute atomic E-state index is 9.91. The largest absolute Gasteiger partial charge is 0.389 e. The second kappa shape index (κ2) is 11.2. The fourth-order valence-corrected chi connectivity index (χ4v) is 1.93. The Labute approximate surface area is 102 Å². The topological polar surface area (TPSA) is 20.2 Å². The summed E-state index contributed by atoms with van der Waals surface area (Å²) in [4.78, 5) is 0. The van der Waals surface area contributed by atoms with E-state index in [0.717, 1.165) is 19.3 Å². The van der Waals surface area contributed by atoms with Crippen LogP contribution in [0, 0.1) is 0 Å². The van der Waals surface area contributed by atoms with Gasteiger partial charge in [0.25, 0.3) is 0 Å². The average Bonchev–Trinajstić information content (AvgIpc) is 2.31. The Kier molecular flexibility index (Phi) is 11.0. The van der Waals surface area contributed by atoms with Crippen LogP contribution in [-0.4, -0.2) is 11.2 Å². The Hall–Kier alpha value is -0.300. The van der Waals surface area contributed by atoms with E-state index in [9.17, 15) is 5.11 Å². The smallest absolute Gasteiger partial charge is 0.0747 e. The van der Waals surface area contributed by atoms with Crippen molar-refractivity contribution in [1.82, 2.24) is 0 Å². The number of aliphatic hydroxyl groups is 1. The molecule has 1 nitrogen and oxygen atoms in total. The van der Waals surface area contributed by atoms with Crippen molar-refractivity contribution in [1.29, 1.82) is 0 Å². The maximum Gasteiger partial charge on any atom is 0.0747 e. The number of aliphatic hydroxyl groups excluding tert-OH is 1. The molecular weight excluding hydrogens is 196 g/mol. The predicted molar refractivity (Wildman–Crippen MR) is 72.7 cm³/mol. The molecule has 0 aliphatic rings. The second-order valence-electron chi connectivity index (χ2n) is 4.66. The van der Waals surface area contributed by atoms with Gasteiger partial charge < -0.3 is 5.11 Å². The SMILES string of the molecule is CCCCC/C=C(\CCCCC)C(O)CC. The lowest BCUT2D eigenvalue weighted by Gasteiger charge is -2.13. The summed E-state index contributed by atoms with van der Waals surface area (Å²) in [5.74, 6) is 0. The van der Waals surface area contributed by atoms with Gasteiger partial charge in [0, 0.05) is 0 Å². The second-order valence-corrected chi connectivity index (χ2v) is 4.66. The summed E-state index contributed by atoms with van der Waals surface area (Å²) in [5, 5.41) is 9.91. The van der Waals surface area contributed by atoms with E-state index in [1.54, 1.807) is 0 Å². The standard InChI is InChI=1S/C15H30O/c1-4-7-9-11-13-14(15(16)6-3)12-10-8-5-2/h13,15-16H,4-12H2,1-3H3/b14-13+. The van der Waals surface area contributed by atoms with Gasteiger partial charge in [-0.05, 0) is 37.7 Å². The third-order valence-corrected chi connectivity index (χ3v) is 3.10. The zero-order valence-electron chi connectivity index (χ0n) is 11.5. The van der Waals surface area contributed by atoms with Gasteiger partial charge in [0.1, 0.15) is 0 Å². The lowest BCUT2D eigenvalue weighted by molar-refractivity contribution is 0.201. The average molecular weight is 226 g/mol. The van der Waals surface area contributed by atoms with Gasteiger partial charge in [-0.1, -0.05) is 52.5 Å². The maximum atomic E-state index is 9.91. The molecule has 0 aliphatic heterocycles. The molecule has 1 unspecified atom stereocenters. The fourth-order valence-electron chi connectivity index (χ4n) is 1.93. The Bertz CT molecular complexity index is 172. The predicted octanol–water partition coefficient (Wildman–Crippen LogP) is 4.84. The van der Waals surface area contributed by atoms with Crippen molar-refractivity contribution in [2.45, 2.75) is 84.7 Å². The first-order valence-electron chi connectivity index (χ1n) is 7.13. The Morgan fingerprint density at radius 3 is 2.19 bits per heavy atom. The van der Waals surface area contributed by atoms with Gasteiger partial charge in [-0.2, -0.15) is 0 Å². The van der Waals surface area contributed by atoms with Crippen LogP contribution in [-0.2, 0) is 0 Å². The van der Waals surface area contributed by atoms with Crippen molar-refractivity contribution in [2.75, 3.05) is 0 Å². The lowest BCUT2D eigenvalue weighted by Crippen LogP contribution is -2.08. The Morgan fingerprint density at radius 1 is 1.00 bits per heavy atom. The van der Waals surface area contributed by atoms with Gasteiger partial charge in [0.2, 0.25) is 0 Å². The van der Waals surface area contributed by atoms with Crippen molar-refractivity contribution >= 4 is 0 Å². The zero-order valence-corrected chi connectivity index (χ0v) is 11.5. The molecule has 0 fully saturated rings. The number of hydrogen-bond donors (Lipinski definition) is 1. The molecule has 16 heavy (non-hydrogen) atoms. The summed E-state index contributed by atoms with van der Waals surface area (Å²) in [6.07, 6.45) is 12.8. The summed E-state index contributed by atoms with van der Waals surface area (Å²) in [5.41, 5.74) is 1.28. The van der Waals surface area contributed by atoms with Crippen molar-refractivity contribution < 1.29 is 5.11 Å². The van der Waals surface area contributed by atoms with Crippen LogP contribution in [0.15, 0.2) is 11.6 Å². The van der Waals surface area contributed by atoms with Crippen LogP contribution in [0.25, 0.3) is 0 Å². The molecule has 0 bridgehead atoms. The van der Waals surface area contributed by atoms with Crippen molar-refractivity contribution in [3.05, 3.63) is 11.6 Å². The quantitative estimate of drug-likeness (QED) is 0.417.